The SMILES string of the molecule is C#CC(C)(C)O.CC1=C(C(=O)OCc2ccccc2)c2c(Br)cn(C)c(=O)c2C1.CC1=C(C(=O)OCc2ccccc2)c2c(C#CC(C)(C)O)cn(C)c(=O)c2C1.Cc1c(C(=O)O)c2c(Br)cn(C)c(=O)c2n1COCC[Si](C)(C)C. The van der Waals surface area contributed by atoms with Crippen molar-refractivity contribution >= 4 is 79.9 Å². The van der Waals surface area contributed by atoms with E-state index in [0.717, 1.165) is 32.8 Å². The number of carbonyl (C=O) groups excluding carboxylic acids is 2. The van der Waals surface area contributed by atoms with Crippen LogP contribution in [0.5, 0.6) is 0 Å². The van der Waals surface area contributed by atoms with E-state index in [1.54, 1.807) is 78.9 Å². The average Bonchev–Trinajstić information content (AvgIpc) is 4.19. The molecule has 8 rings (SSSR count). The van der Waals surface area contributed by atoms with Gasteiger partial charge in [0.25, 0.3) is 16.7 Å². The minimum Gasteiger partial charge on any atom is -0.478 e. The Hall–Kier alpha value is -7.10. The van der Waals surface area contributed by atoms with Crippen LogP contribution in [0, 0.1) is 31.1 Å². The molecule has 0 aliphatic heterocycles. The monoisotopic (exact) mass is 1250 g/mol. The van der Waals surface area contributed by atoms with Gasteiger partial charge in [-0.05, 0) is 97.5 Å². The lowest BCUT2D eigenvalue weighted by Crippen LogP contribution is -2.23. The molecule has 0 spiro atoms. The quantitative estimate of drug-likeness (QED) is 0.0453. The number of pyridine rings is 3. The molecule has 0 atom stereocenters. The number of hydrogen-bond acceptors (Lipinski definition) is 11. The molecular weight excluding hydrogens is 1180 g/mol. The number of carboxylic acids is 1. The Kier molecular flexibility index (Phi) is 21.7. The predicted molar refractivity (Wildman–Crippen MR) is 325 cm³/mol. The van der Waals surface area contributed by atoms with Gasteiger partial charge in [0.2, 0.25) is 0 Å². The molecule has 81 heavy (non-hydrogen) atoms. The van der Waals surface area contributed by atoms with Crippen molar-refractivity contribution in [3.63, 3.8) is 0 Å². The summed E-state index contributed by atoms with van der Waals surface area (Å²) in [6, 6.07) is 20.0. The highest BCUT2D eigenvalue weighted by Crippen LogP contribution is 2.37. The van der Waals surface area contributed by atoms with Gasteiger partial charge < -0.3 is 47.8 Å². The maximum atomic E-state index is 12.9. The van der Waals surface area contributed by atoms with Gasteiger partial charge in [0, 0.05) is 115 Å². The number of fused-ring (bicyclic) bond motifs is 3. The Labute approximate surface area is 490 Å². The van der Waals surface area contributed by atoms with Crippen molar-refractivity contribution in [2.24, 2.45) is 21.1 Å². The van der Waals surface area contributed by atoms with Crippen molar-refractivity contribution in [3.05, 3.63) is 181 Å². The van der Waals surface area contributed by atoms with E-state index in [9.17, 15) is 39.0 Å². The van der Waals surface area contributed by atoms with Crippen molar-refractivity contribution in [3.8, 4) is 24.2 Å². The molecule has 428 valence electrons. The molecule has 0 amide bonds. The zero-order valence-corrected chi connectivity index (χ0v) is 52.3. The van der Waals surface area contributed by atoms with Crippen LogP contribution in [-0.2, 0) is 77.7 Å². The number of aliphatic hydroxyl groups is 2. The molecule has 0 saturated carbocycles. The van der Waals surface area contributed by atoms with Crippen LogP contribution in [0.3, 0.4) is 0 Å². The van der Waals surface area contributed by atoms with Crippen LogP contribution in [-0.4, -0.2) is 77.4 Å². The van der Waals surface area contributed by atoms with E-state index in [1.807, 2.05) is 74.5 Å². The summed E-state index contributed by atoms with van der Waals surface area (Å²) in [5.74, 6) is 5.94. The lowest BCUT2D eigenvalue weighted by molar-refractivity contribution is -0.138. The topological polar surface area (TPSA) is 211 Å². The molecule has 2 aliphatic rings. The van der Waals surface area contributed by atoms with Gasteiger partial charge in [-0.15, -0.1) is 6.42 Å². The molecule has 2 aliphatic carbocycles. The number of terminal acetylenes is 1. The second-order valence-electron chi connectivity index (χ2n) is 22.0. The number of hydrogen-bond donors (Lipinski definition) is 3. The number of rotatable bonds is 12. The maximum absolute atomic E-state index is 12.9. The molecule has 4 heterocycles. The van der Waals surface area contributed by atoms with Crippen LogP contribution >= 0.6 is 31.9 Å². The second-order valence-corrected chi connectivity index (χ2v) is 29.3. The number of aromatic carboxylic acids is 1. The van der Waals surface area contributed by atoms with Gasteiger partial charge in [0.15, 0.2) is 0 Å². The van der Waals surface area contributed by atoms with E-state index < -0.39 is 31.2 Å². The molecule has 19 heteroatoms. The molecule has 16 nitrogen and oxygen atoms in total. The van der Waals surface area contributed by atoms with E-state index in [4.69, 9.17) is 25.7 Å². The molecule has 0 fully saturated rings. The van der Waals surface area contributed by atoms with Gasteiger partial charge in [0.1, 0.15) is 36.7 Å². The van der Waals surface area contributed by atoms with Crippen molar-refractivity contribution in [1.29, 1.82) is 0 Å². The number of esters is 2. The van der Waals surface area contributed by atoms with Gasteiger partial charge in [0.05, 0.1) is 16.7 Å². The lowest BCUT2D eigenvalue weighted by Gasteiger charge is -2.16. The highest BCUT2D eigenvalue weighted by atomic mass is 79.9. The Morgan fingerprint density at radius 3 is 1.59 bits per heavy atom. The fraction of sp³-hybridized carbons (Fsp3) is 0.355. The number of aryl methyl sites for hydroxylation is 3. The molecule has 4 aromatic heterocycles. The van der Waals surface area contributed by atoms with Crippen LogP contribution in [0.15, 0.2) is 114 Å². The molecule has 0 unspecified atom stereocenters. The van der Waals surface area contributed by atoms with Crippen LogP contribution in [0.4, 0.5) is 0 Å². The third-order valence-electron chi connectivity index (χ3n) is 12.8. The first kappa shape index (κ1) is 64.7. The molecule has 2 aromatic carbocycles. The van der Waals surface area contributed by atoms with Crippen molar-refractivity contribution in [2.75, 3.05) is 6.61 Å². The van der Waals surface area contributed by atoms with E-state index in [2.05, 4.69) is 69.3 Å². The number of nitrogens with zero attached hydrogens (tertiary/aromatic N) is 4. The Bertz CT molecular complexity index is 3740. The van der Waals surface area contributed by atoms with E-state index in [-0.39, 0.29) is 48.2 Å². The van der Waals surface area contributed by atoms with E-state index >= 15 is 0 Å². The Balaban J connectivity index is 0.000000213. The summed E-state index contributed by atoms with van der Waals surface area (Å²) in [6.07, 6.45) is 10.5. The summed E-state index contributed by atoms with van der Waals surface area (Å²) in [7, 11) is 3.79. The molecule has 3 N–H and O–H groups in total. The van der Waals surface area contributed by atoms with E-state index in [0.29, 0.717) is 79.5 Å². The van der Waals surface area contributed by atoms with Crippen molar-refractivity contribution in [2.45, 2.75) is 118 Å². The number of aromatic nitrogens is 4. The maximum Gasteiger partial charge on any atom is 0.339 e. The zero-order valence-electron chi connectivity index (χ0n) is 48.1. The lowest BCUT2D eigenvalue weighted by atomic mass is 10.00. The molecule has 0 saturated heterocycles. The van der Waals surface area contributed by atoms with E-state index in [1.165, 1.54) is 13.7 Å². The number of halogens is 2. The van der Waals surface area contributed by atoms with Gasteiger partial charge >= 0.3 is 17.9 Å². The van der Waals surface area contributed by atoms with Gasteiger partial charge in [-0.3, -0.25) is 14.4 Å². The molecule has 0 radical (unpaired) electrons. The van der Waals surface area contributed by atoms with Gasteiger partial charge in [-0.2, -0.15) is 0 Å². The van der Waals surface area contributed by atoms with Crippen LogP contribution in [0.25, 0.3) is 22.0 Å². The normalized spacial score (nSPS) is 12.6. The largest absolute Gasteiger partial charge is 0.478 e. The van der Waals surface area contributed by atoms with Crippen LogP contribution in [0.2, 0.25) is 25.7 Å². The minimum absolute atomic E-state index is 0.0755. The summed E-state index contributed by atoms with van der Waals surface area (Å²) < 4.78 is 24.1. The van der Waals surface area contributed by atoms with Gasteiger partial charge in [-0.25, -0.2) is 14.4 Å². The third-order valence-corrected chi connectivity index (χ3v) is 15.8. The summed E-state index contributed by atoms with van der Waals surface area (Å²) in [4.78, 5) is 74.5. The summed E-state index contributed by atoms with van der Waals surface area (Å²) >= 11 is 6.85. The second kappa shape index (κ2) is 27.1. The van der Waals surface area contributed by atoms with Crippen molar-refractivity contribution in [1.82, 2.24) is 18.3 Å². The third kappa shape index (κ3) is 16.8. The first-order valence-electron chi connectivity index (χ1n) is 25.8. The van der Waals surface area contributed by atoms with Crippen LogP contribution < -0.4 is 16.7 Å². The summed E-state index contributed by atoms with van der Waals surface area (Å²) in [6.45, 7) is 19.6. The molecule has 6 aromatic rings. The standard InChI is InChI=1S/C23H23NO4.C18H16BrNO3.C16H23BrN2O4Si.C5H8O/c1-15-12-18-20(17(10-11-23(2,3)27)13-24(4)21(18)25)19(15)22(26)28-14-16-8-6-5-7-9-16;1-11-8-13-16(14(19)9-20(2)17(13)21)15(11)18(22)23-10-12-6-4-3-5-7-12;1-10-12(16(21)22)13-11(17)8-18(2)15(20)14(13)19(10)9-23-6-7-24(3,4)5;1-4-5(2,3)6/h5-9,13,27H,12,14H2,1-4H3;3-7,9H,8,10H2,1-2H3;8H,6-7,9H2,1-5H3,(H,21,22);1,6H,2-3H3. The number of carbonyl (C=O) groups is 3. The highest BCUT2D eigenvalue weighted by Gasteiger charge is 2.33. The Morgan fingerprint density at radius 2 is 1.14 bits per heavy atom. The van der Waals surface area contributed by atoms with Crippen molar-refractivity contribution < 1.29 is 43.9 Å². The highest BCUT2D eigenvalue weighted by molar-refractivity contribution is 9.11. The minimum atomic E-state index is -1.21. The number of allylic oxidation sites excluding steroid dienone is 2. The van der Waals surface area contributed by atoms with Gasteiger partial charge in [-0.1, -0.05) is 109 Å². The fourth-order valence-corrected chi connectivity index (χ4v) is 10.8. The van der Waals surface area contributed by atoms with Crippen LogP contribution in [0.1, 0.15) is 96.5 Å². The predicted octanol–water partition coefficient (Wildman–Crippen LogP) is 9.61. The number of benzene rings is 2. The summed E-state index contributed by atoms with van der Waals surface area (Å²) in [5.41, 5.74) is 5.69. The number of carboxylic acid groups (broad SMARTS) is 1. The molecular formula is C62H70Br2N4O12Si. The fourth-order valence-electron chi connectivity index (χ4n) is 8.64. The summed E-state index contributed by atoms with van der Waals surface area (Å²) in [5, 5.41) is 28.5. The first-order chi connectivity index (χ1) is 37.8. The average molecular weight is 1250 g/mol. The number of ether oxygens (including phenoxy) is 3. The molecule has 0 bridgehead atoms. The zero-order chi connectivity index (χ0) is 60.5. The smallest absolute Gasteiger partial charge is 0.339 e. The Morgan fingerprint density at radius 1 is 0.691 bits per heavy atom. The first-order valence-corrected chi connectivity index (χ1v) is 31.1.